The van der Waals surface area contributed by atoms with E-state index in [2.05, 4.69) is 0 Å². The minimum atomic E-state index is -0.516. The molecule has 0 aliphatic rings. The van der Waals surface area contributed by atoms with Gasteiger partial charge in [0.05, 0.1) is 18.2 Å². The Morgan fingerprint density at radius 3 is 2.88 bits per heavy atom. The fourth-order valence-electron chi connectivity index (χ4n) is 1.28. The number of carbonyl (C=O) groups is 1. The molecule has 5 heteroatoms. The van der Waals surface area contributed by atoms with Crippen molar-refractivity contribution >= 4 is 17.4 Å². The van der Waals surface area contributed by atoms with Gasteiger partial charge in [0.15, 0.2) is 5.78 Å². The molecule has 0 bridgehead atoms. The van der Waals surface area contributed by atoms with Gasteiger partial charge >= 0.3 is 0 Å². The molecule has 0 saturated heterocycles. The van der Waals surface area contributed by atoms with Gasteiger partial charge in [-0.15, -0.1) is 0 Å². The van der Waals surface area contributed by atoms with Crippen LogP contribution < -0.4 is 0 Å². The molecule has 0 heterocycles. The Kier molecular flexibility index (Phi) is 6.11. The molecule has 0 radical (unpaired) electrons. The zero-order chi connectivity index (χ0) is 12.7. The van der Waals surface area contributed by atoms with Gasteiger partial charge in [0.2, 0.25) is 0 Å². The molecular weight excluding hydrogens is 247 g/mol. The average molecular weight is 261 g/mol. The molecule has 1 aromatic rings. The number of halogens is 2. The van der Waals surface area contributed by atoms with Gasteiger partial charge in [-0.05, 0) is 11.6 Å². The van der Waals surface area contributed by atoms with Crippen LogP contribution in [0.15, 0.2) is 18.2 Å². The third-order valence-electron chi connectivity index (χ3n) is 2.11. The highest BCUT2D eigenvalue weighted by Crippen LogP contribution is 2.20. The Hall–Kier alpha value is -0.970. The average Bonchev–Trinajstić information content (AvgIpc) is 2.31. The van der Waals surface area contributed by atoms with E-state index in [4.69, 9.17) is 21.1 Å². The van der Waals surface area contributed by atoms with E-state index in [1.807, 2.05) is 0 Å². The lowest BCUT2D eigenvalue weighted by molar-refractivity contribution is -0.123. The van der Waals surface area contributed by atoms with E-state index in [0.29, 0.717) is 18.8 Å². The Morgan fingerprint density at radius 2 is 2.18 bits per heavy atom. The summed E-state index contributed by atoms with van der Waals surface area (Å²) in [6.07, 6.45) is 0.0730. The molecular formula is C12H14ClFO3. The van der Waals surface area contributed by atoms with E-state index < -0.39 is 5.82 Å². The van der Waals surface area contributed by atoms with Crippen molar-refractivity contribution in [1.29, 1.82) is 0 Å². The molecule has 0 aliphatic carbocycles. The monoisotopic (exact) mass is 260 g/mol. The van der Waals surface area contributed by atoms with Gasteiger partial charge < -0.3 is 9.47 Å². The van der Waals surface area contributed by atoms with Crippen LogP contribution in [-0.4, -0.2) is 32.7 Å². The maximum atomic E-state index is 13.1. The van der Waals surface area contributed by atoms with E-state index in [-0.39, 0.29) is 23.8 Å². The number of carbonyl (C=O) groups excluding carboxylic acids is 1. The predicted molar refractivity (Wildman–Crippen MR) is 62.8 cm³/mol. The summed E-state index contributed by atoms with van der Waals surface area (Å²) in [4.78, 5) is 11.5. The first-order chi connectivity index (χ1) is 8.15. The molecule has 0 spiro atoms. The van der Waals surface area contributed by atoms with Crippen LogP contribution in [0.1, 0.15) is 5.56 Å². The van der Waals surface area contributed by atoms with Crippen molar-refractivity contribution in [2.45, 2.75) is 6.42 Å². The molecule has 0 aromatic heterocycles. The maximum Gasteiger partial charge on any atom is 0.162 e. The van der Waals surface area contributed by atoms with E-state index in [0.717, 1.165) is 0 Å². The molecule has 0 unspecified atom stereocenters. The zero-order valence-electron chi connectivity index (χ0n) is 9.54. The molecule has 0 aliphatic heterocycles. The summed E-state index contributed by atoms with van der Waals surface area (Å²) in [5.74, 6) is -0.661. The van der Waals surface area contributed by atoms with Gasteiger partial charge in [0.1, 0.15) is 12.4 Å². The van der Waals surface area contributed by atoms with Crippen molar-refractivity contribution < 1.29 is 18.7 Å². The molecule has 0 saturated carbocycles. The Labute approximate surface area is 104 Å². The number of ketones is 1. The summed E-state index contributed by atoms with van der Waals surface area (Å²) in [7, 11) is 1.55. The third kappa shape index (κ3) is 4.81. The molecule has 0 atom stereocenters. The normalized spacial score (nSPS) is 10.5. The second-order valence-corrected chi connectivity index (χ2v) is 3.85. The minimum absolute atomic E-state index is 0.00209. The van der Waals surface area contributed by atoms with Crippen LogP contribution in [0.3, 0.4) is 0 Å². The summed E-state index contributed by atoms with van der Waals surface area (Å²) >= 11 is 5.73. The summed E-state index contributed by atoms with van der Waals surface area (Å²) in [5.41, 5.74) is 0.479. The molecule has 0 amide bonds. The summed E-state index contributed by atoms with van der Waals surface area (Å²) in [5, 5.41) is -0.00209. The highest BCUT2D eigenvalue weighted by atomic mass is 35.5. The first-order valence-corrected chi connectivity index (χ1v) is 5.54. The van der Waals surface area contributed by atoms with Gasteiger partial charge in [-0.2, -0.15) is 0 Å². The van der Waals surface area contributed by atoms with E-state index >= 15 is 0 Å². The summed E-state index contributed by atoms with van der Waals surface area (Å²) in [6.45, 7) is 0.781. The Balaban J connectivity index is 2.43. The highest BCUT2D eigenvalue weighted by molar-refractivity contribution is 6.31. The number of methoxy groups -OCH3 is 1. The standard InChI is InChI=1S/C12H14ClFO3/c1-16-5-6-17-8-10(15)7-9-3-2-4-11(14)12(9)13/h2-4H,5-8H2,1H3. The number of benzene rings is 1. The lowest BCUT2D eigenvalue weighted by Crippen LogP contribution is -2.14. The van der Waals surface area contributed by atoms with Crippen molar-refractivity contribution in [1.82, 2.24) is 0 Å². The van der Waals surface area contributed by atoms with Crippen LogP contribution in [0.4, 0.5) is 4.39 Å². The van der Waals surface area contributed by atoms with Crippen molar-refractivity contribution in [3.8, 4) is 0 Å². The van der Waals surface area contributed by atoms with Crippen molar-refractivity contribution in [2.24, 2.45) is 0 Å². The molecule has 3 nitrogen and oxygen atoms in total. The second kappa shape index (κ2) is 7.37. The molecule has 17 heavy (non-hydrogen) atoms. The third-order valence-corrected chi connectivity index (χ3v) is 2.54. The van der Waals surface area contributed by atoms with E-state index in [1.165, 1.54) is 12.1 Å². The SMILES string of the molecule is COCCOCC(=O)Cc1cccc(F)c1Cl. The van der Waals surface area contributed by atoms with Crippen LogP contribution in [0.25, 0.3) is 0 Å². The smallest absolute Gasteiger partial charge is 0.162 e. The highest BCUT2D eigenvalue weighted by Gasteiger charge is 2.10. The summed E-state index contributed by atoms with van der Waals surface area (Å²) < 4.78 is 22.9. The largest absolute Gasteiger partial charge is 0.382 e. The zero-order valence-corrected chi connectivity index (χ0v) is 10.3. The Morgan fingerprint density at radius 1 is 1.41 bits per heavy atom. The molecule has 0 N–H and O–H groups in total. The number of rotatable bonds is 7. The van der Waals surface area contributed by atoms with Gasteiger partial charge in [-0.3, -0.25) is 4.79 Å². The molecule has 1 rings (SSSR count). The topological polar surface area (TPSA) is 35.5 Å². The predicted octanol–water partition coefficient (Wildman–Crippen LogP) is 2.25. The Bertz CT molecular complexity index is 382. The van der Waals surface area contributed by atoms with Crippen molar-refractivity contribution in [2.75, 3.05) is 26.9 Å². The number of hydrogen-bond acceptors (Lipinski definition) is 3. The van der Waals surface area contributed by atoms with Crippen molar-refractivity contribution in [3.05, 3.63) is 34.6 Å². The van der Waals surface area contributed by atoms with Gasteiger partial charge in [-0.25, -0.2) is 4.39 Å². The number of Topliss-reactive ketones (excluding diaryl/α,β-unsaturated/α-hetero) is 1. The lowest BCUT2D eigenvalue weighted by Gasteiger charge is -2.05. The number of ether oxygens (including phenoxy) is 2. The van der Waals surface area contributed by atoms with Crippen molar-refractivity contribution in [3.63, 3.8) is 0 Å². The van der Waals surface area contributed by atoms with E-state index in [1.54, 1.807) is 13.2 Å². The maximum absolute atomic E-state index is 13.1. The molecule has 0 fully saturated rings. The van der Waals surface area contributed by atoms with Crippen LogP contribution >= 0.6 is 11.6 Å². The van der Waals surface area contributed by atoms with Gasteiger partial charge in [-0.1, -0.05) is 23.7 Å². The van der Waals surface area contributed by atoms with Crippen LogP contribution in [0.5, 0.6) is 0 Å². The minimum Gasteiger partial charge on any atom is -0.382 e. The van der Waals surface area contributed by atoms with Crippen LogP contribution in [0.2, 0.25) is 5.02 Å². The quantitative estimate of drug-likeness (QED) is 0.706. The van der Waals surface area contributed by atoms with Gasteiger partial charge in [0, 0.05) is 13.5 Å². The van der Waals surface area contributed by atoms with E-state index in [9.17, 15) is 9.18 Å². The molecule has 1 aromatic carbocycles. The summed E-state index contributed by atoms with van der Waals surface area (Å²) in [6, 6.07) is 4.40. The number of hydrogen-bond donors (Lipinski definition) is 0. The fourth-order valence-corrected chi connectivity index (χ4v) is 1.47. The van der Waals surface area contributed by atoms with Crippen LogP contribution in [-0.2, 0) is 20.7 Å². The first-order valence-electron chi connectivity index (χ1n) is 5.16. The van der Waals surface area contributed by atoms with Gasteiger partial charge in [0.25, 0.3) is 0 Å². The first kappa shape index (κ1) is 14.1. The molecule has 94 valence electrons. The second-order valence-electron chi connectivity index (χ2n) is 3.47. The fraction of sp³-hybridized carbons (Fsp3) is 0.417. The lowest BCUT2D eigenvalue weighted by atomic mass is 10.1. The van der Waals surface area contributed by atoms with Crippen LogP contribution in [0, 0.1) is 5.82 Å².